The lowest BCUT2D eigenvalue weighted by Crippen LogP contribution is -2.11. The normalized spacial score (nSPS) is 10.9. The first kappa shape index (κ1) is 12.8. The van der Waals surface area contributed by atoms with E-state index in [0.717, 1.165) is 11.3 Å². The molecule has 0 aliphatic rings. The van der Waals surface area contributed by atoms with Crippen molar-refractivity contribution in [2.75, 3.05) is 7.11 Å². The quantitative estimate of drug-likeness (QED) is 0.796. The van der Waals surface area contributed by atoms with Crippen LogP contribution in [0.3, 0.4) is 0 Å². The van der Waals surface area contributed by atoms with Crippen molar-refractivity contribution in [1.82, 2.24) is 15.0 Å². The smallest absolute Gasteiger partial charge is 0.360 e. The van der Waals surface area contributed by atoms with E-state index in [-0.39, 0.29) is 5.92 Å². The molecule has 18 heavy (non-hydrogen) atoms. The minimum Gasteiger partial charge on any atom is -0.464 e. The van der Waals surface area contributed by atoms with Gasteiger partial charge in [0.05, 0.1) is 19.3 Å². The van der Waals surface area contributed by atoms with Crippen LogP contribution in [-0.4, -0.2) is 28.1 Å². The minimum absolute atomic E-state index is 0.160. The van der Waals surface area contributed by atoms with Crippen LogP contribution in [0.25, 0.3) is 0 Å². The van der Waals surface area contributed by atoms with E-state index < -0.39 is 5.97 Å². The maximum atomic E-state index is 11.6. The van der Waals surface area contributed by atoms with Gasteiger partial charge < -0.3 is 4.74 Å². The molecule has 0 atom stereocenters. The maximum absolute atomic E-state index is 11.6. The average Bonchev–Trinajstić information content (AvgIpc) is 2.97. The van der Waals surface area contributed by atoms with Crippen LogP contribution in [0.2, 0.25) is 0 Å². The molecule has 0 amide bonds. The van der Waals surface area contributed by atoms with Crippen LogP contribution in [0.15, 0.2) is 16.8 Å². The Bertz CT molecular complexity index is 532. The van der Waals surface area contributed by atoms with E-state index in [4.69, 9.17) is 4.74 Å². The number of aromatic nitrogens is 3. The maximum Gasteiger partial charge on any atom is 0.360 e. The van der Waals surface area contributed by atoms with Gasteiger partial charge in [0.15, 0.2) is 5.69 Å². The van der Waals surface area contributed by atoms with Crippen molar-refractivity contribution in [1.29, 1.82) is 0 Å². The summed E-state index contributed by atoms with van der Waals surface area (Å²) in [6, 6.07) is 2.04. The zero-order valence-electron chi connectivity index (χ0n) is 10.6. The Morgan fingerprint density at radius 2 is 2.33 bits per heavy atom. The van der Waals surface area contributed by atoms with E-state index in [9.17, 15) is 4.79 Å². The van der Waals surface area contributed by atoms with Crippen molar-refractivity contribution in [2.45, 2.75) is 26.3 Å². The van der Waals surface area contributed by atoms with Gasteiger partial charge in [-0.05, 0) is 28.3 Å². The molecular formula is C12H15N3O2S. The average molecular weight is 265 g/mol. The monoisotopic (exact) mass is 265 g/mol. The molecule has 0 saturated heterocycles. The summed E-state index contributed by atoms with van der Waals surface area (Å²) >= 11 is 1.64. The first-order valence-corrected chi connectivity index (χ1v) is 6.60. The second-order valence-electron chi connectivity index (χ2n) is 4.26. The van der Waals surface area contributed by atoms with Gasteiger partial charge in [0.25, 0.3) is 0 Å². The Labute approximate surface area is 109 Å². The summed E-state index contributed by atoms with van der Waals surface area (Å²) in [4.78, 5) is 11.6. The first-order valence-electron chi connectivity index (χ1n) is 5.66. The molecule has 0 aliphatic heterocycles. The van der Waals surface area contributed by atoms with Crippen LogP contribution < -0.4 is 0 Å². The molecule has 2 aromatic rings. The van der Waals surface area contributed by atoms with Crippen LogP contribution in [0.5, 0.6) is 0 Å². The number of hydrogen-bond acceptors (Lipinski definition) is 5. The largest absolute Gasteiger partial charge is 0.464 e. The van der Waals surface area contributed by atoms with Gasteiger partial charge in [-0.1, -0.05) is 19.1 Å². The Morgan fingerprint density at radius 1 is 1.56 bits per heavy atom. The van der Waals surface area contributed by atoms with Gasteiger partial charge in [-0.3, -0.25) is 0 Å². The van der Waals surface area contributed by atoms with Gasteiger partial charge in [-0.2, -0.15) is 11.3 Å². The van der Waals surface area contributed by atoms with Crippen molar-refractivity contribution in [3.05, 3.63) is 33.8 Å². The molecule has 96 valence electrons. The fourth-order valence-corrected chi connectivity index (χ4v) is 2.47. The van der Waals surface area contributed by atoms with E-state index in [1.807, 2.05) is 25.3 Å². The van der Waals surface area contributed by atoms with Crippen LogP contribution in [0.4, 0.5) is 0 Å². The molecule has 2 rings (SSSR count). The lowest BCUT2D eigenvalue weighted by molar-refractivity contribution is 0.0592. The molecule has 0 aromatic carbocycles. The van der Waals surface area contributed by atoms with Gasteiger partial charge in [-0.25, -0.2) is 9.48 Å². The van der Waals surface area contributed by atoms with E-state index in [1.165, 1.54) is 7.11 Å². The topological polar surface area (TPSA) is 57.0 Å². The summed E-state index contributed by atoms with van der Waals surface area (Å²) in [6.45, 7) is 4.64. The van der Waals surface area contributed by atoms with Crippen LogP contribution >= 0.6 is 11.3 Å². The Kier molecular flexibility index (Phi) is 3.76. The number of methoxy groups -OCH3 is 1. The summed E-state index contributed by atoms with van der Waals surface area (Å²) < 4.78 is 6.49. The molecule has 2 aromatic heterocycles. The number of ether oxygens (including phenoxy) is 1. The standard InChI is InChI=1S/C12H15N3O2S/c1-8(2)11-10(12(16)17-3)13-14-15(11)6-9-4-5-18-7-9/h4-5,7-8H,6H2,1-3H3. The molecular weight excluding hydrogens is 250 g/mol. The van der Waals surface area contributed by atoms with E-state index in [2.05, 4.69) is 15.7 Å². The summed E-state index contributed by atoms with van der Waals surface area (Å²) in [5.41, 5.74) is 2.28. The molecule has 0 aliphatic carbocycles. The molecule has 0 N–H and O–H groups in total. The second-order valence-corrected chi connectivity index (χ2v) is 5.04. The van der Waals surface area contributed by atoms with Crippen LogP contribution in [0.1, 0.15) is 41.5 Å². The summed E-state index contributed by atoms with van der Waals surface area (Å²) in [7, 11) is 1.35. The van der Waals surface area contributed by atoms with E-state index in [0.29, 0.717) is 12.2 Å². The van der Waals surface area contributed by atoms with Crippen LogP contribution in [-0.2, 0) is 11.3 Å². The highest BCUT2D eigenvalue weighted by atomic mass is 32.1. The Hall–Kier alpha value is -1.69. The number of nitrogens with zero attached hydrogens (tertiary/aromatic N) is 3. The number of carbonyl (C=O) groups is 1. The van der Waals surface area contributed by atoms with Gasteiger partial charge in [0.1, 0.15) is 0 Å². The molecule has 6 heteroatoms. The zero-order chi connectivity index (χ0) is 13.1. The zero-order valence-corrected chi connectivity index (χ0v) is 11.4. The SMILES string of the molecule is COC(=O)c1nnn(Cc2ccsc2)c1C(C)C. The predicted molar refractivity (Wildman–Crippen MR) is 68.9 cm³/mol. The molecule has 0 fully saturated rings. The molecule has 0 spiro atoms. The number of hydrogen-bond donors (Lipinski definition) is 0. The number of rotatable bonds is 4. The highest BCUT2D eigenvalue weighted by Gasteiger charge is 2.22. The number of carbonyl (C=O) groups excluding carboxylic acids is 1. The third-order valence-corrected chi connectivity index (χ3v) is 3.34. The first-order chi connectivity index (χ1) is 8.63. The summed E-state index contributed by atoms with van der Waals surface area (Å²) in [6.07, 6.45) is 0. The van der Waals surface area contributed by atoms with Crippen molar-refractivity contribution in [3.8, 4) is 0 Å². The Balaban J connectivity index is 2.36. The molecule has 0 unspecified atom stereocenters. The lowest BCUT2D eigenvalue weighted by Gasteiger charge is -2.09. The summed E-state index contributed by atoms with van der Waals surface area (Å²) in [5.74, 6) is -0.275. The van der Waals surface area contributed by atoms with Crippen molar-refractivity contribution >= 4 is 17.3 Å². The fourth-order valence-electron chi connectivity index (χ4n) is 1.81. The number of esters is 1. The van der Waals surface area contributed by atoms with Crippen molar-refractivity contribution < 1.29 is 9.53 Å². The summed E-state index contributed by atoms with van der Waals surface area (Å²) in [5, 5.41) is 12.1. The molecule has 5 nitrogen and oxygen atoms in total. The number of thiophene rings is 1. The Morgan fingerprint density at radius 3 is 2.89 bits per heavy atom. The molecule has 2 heterocycles. The lowest BCUT2D eigenvalue weighted by atomic mass is 10.1. The fraction of sp³-hybridized carbons (Fsp3) is 0.417. The van der Waals surface area contributed by atoms with Gasteiger partial charge in [-0.15, -0.1) is 5.10 Å². The van der Waals surface area contributed by atoms with Gasteiger partial charge in [0, 0.05) is 0 Å². The van der Waals surface area contributed by atoms with Crippen molar-refractivity contribution in [2.24, 2.45) is 0 Å². The van der Waals surface area contributed by atoms with E-state index >= 15 is 0 Å². The van der Waals surface area contributed by atoms with Crippen LogP contribution in [0, 0.1) is 0 Å². The molecule has 0 bridgehead atoms. The third-order valence-electron chi connectivity index (χ3n) is 2.61. The predicted octanol–water partition coefficient (Wildman–Crippen LogP) is 2.30. The highest BCUT2D eigenvalue weighted by Crippen LogP contribution is 2.20. The van der Waals surface area contributed by atoms with Gasteiger partial charge in [0.2, 0.25) is 0 Å². The molecule has 0 saturated carbocycles. The van der Waals surface area contributed by atoms with Gasteiger partial charge >= 0.3 is 5.97 Å². The molecule has 0 radical (unpaired) electrons. The second kappa shape index (κ2) is 5.30. The third kappa shape index (κ3) is 2.43. The highest BCUT2D eigenvalue weighted by molar-refractivity contribution is 7.07. The van der Waals surface area contributed by atoms with E-state index in [1.54, 1.807) is 16.0 Å². The minimum atomic E-state index is -0.435. The van der Waals surface area contributed by atoms with Crippen molar-refractivity contribution in [3.63, 3.8) is 0 Å².